The van der Waals surface area contributed by atoms with Gasteiger partial charge in [0, 0.05) is 21.2 Å². The maximum atomic E-state index is 12.8. The number of thioether (sulfide) groups is 1. The number of rotatable bonds is 3. The molecule has 1 heterocycles. The van der Waals surface area contributed by atoms with Crippen molar-refractivity contribution in [1.29, 1.82) is 0 Å². The molecule has 1 amide bonds. The van der Waals surface area contributed by atoms with Crippen molar-refractivity contribution in [2.24, 2.45) is 0 Å². The van der Waals surface area contributed by atoms with E-state index < -0.39 is 0 Å². The first-order chi connectivity index (χ1) is 11.9. The molecule has 25 heavy (non-hydrogen) atoms. The van der Waals surface area contributed by atoms with Crippen LogP contribution in [0.25, 0.3) is 6.08 Å². The highest BCUT2D eigenvalue weighted by molar-refractivity contribution is 8.27. The van der Waals surface area contributed by atoms with Crippen molar-refractivity contribution in [3.05, 3.63) is 68.5 Å². The Labute approximate surface area is 164 Å². The van der Waals surface area contributed by atoms with Gasteiger partial charge in [-0.15, -0.1) is 0 Å². The van der Waals surface area contributed by atoms with Crippen molar-refractivity contribution < 1.29 is 9.59 Å². The molecule has 1 aliphatic heterocycles. The average Bonchev–Trinajstić information content (AvgIpc) is 2.85. The van der Waals surface area contributed by atoms with Gasteiger partial charge in [0.15, 0.2) is 10.1 Å². The summed E-state index contributed by atoms with van der Waals surface area (Å²) < 4.78 is 0.389. The number of thiocarbonyl (C=S) groups is 1. The van der Waals surface area contributed by atoms with E-state index in [0.717, 1.165) is 0 Å². The molecule has 1 saturated heterocycles. The number of nitrogens with zero attached hydrogens (tertiary/aromatic N) is 1. The third-order valence-electron chi connectivity index (χ3n) is 3.58. The van der Waals surface area contributed by atoms with Gasteiger partial charge < -0.3 is 0 Å². The molecule has 2 aromatic carbocycles. The van der Waals surface area contributed by atoms with E-state index in [1.165, 1.54) is 23.6 Å². The Morgan fingerprint density at radius 2 is 1.80 bits per heavy atom. The minimum absolute atomic E-state index is 0.0781. The van der Waals surface area contributed by atoms with Crippen LogP contribution in [0.2, 0.25) is 10.0 Å². The molecular weight excluding hydrogens is 397 g/mol. The van der Waals surface area contributed by atoms with Crippen LogP contribution in [0.1, 0.15) is 22.8 Å². The summed E-state index contributed by atoms with van der Waals surface area (Å²) in [5.41, 5.74) is 1.65. The Bertz CT molecular complexity index is 920. The Hall–Kier alpha value is -1.66. The number of Topliss-reactive ketones (excluding diaryl/α,β-unsaturated/α-hetero) is 1. The van der Waals surface area contributed by atoms with Crippen LogP contribution in [-0.2, 0) is 4.79 Å². The number of anilines is 1. The second-order valence-electron chi connectivity index (χ2n) is 5.26. The molecule has 3 nitrogen and oxygen atoms in total. The van der Waals surface area contributed by atoms with Crippen molar-refractivity contribution in [3.63, 3.8) is 0 Å². The Kier molecular flexibility index (Phi) is 5.29. The lowest BCUT2D eigenvalue weighted by molar-refractivity contribution is -0.113. The van der Waals surface area contributed by atoms with Crippen LogP contribution in [0.4, 0.5) is 5.69 Å². The largest absolute Gasteiger partial charge is 0.295 e. The highest BCUT2D eigenvalue weighted by atomic mass is 35.5. The number of carbonyl (C=O) groups excluding carboxylic acids is 2. The van der Waals surface area contributed by atoms with Crippen LogP contribution in [-0.4, -0.2) is 16.0 Å². The minimum Gasteiger partial charge on any atom is -0.295 e. The zero-order valence-electron chi connectivity index (χ0n) is 13.0. The fourth-order valence-corrected chi connectivity index (χ4v) is 4.12. The van der Waals surface area contributed by atoms with Gasteiger partial charge in [0.1, 0.15) is 0 Å². The van der Waals surface area contributed by atoms with Crippen molar-refractivity contribution in [2.75, 3.05) is 4.90 Å². The average molecular weight is 408 g/mol. The second-order valence-corrected chi connectivity index (χ2v) is 7.75. The number of amides is 1. The molecule has 3 rings (SSSR count). The number of hydrogen-bond donors (Lipinski definition) is 0. The van der Waals surface area contributed by atoms with Crippen molar-refractivity contribution >= 4 is 75.0 Å². The molecule has 0 bridgehead atoms. The molecule has 0 aromatic heterocycles. The summed E-state index contributed by atoms with van der Waals surface area (Å²) in [6.45, 7) is 1.47. The lowest BCUT2D eigenvalue weighted by Gasteiger charge is -2.15. The fourth-order valence-electron chi connectivity index (χ4n) is 2.33. The molecule has 0 unspecified atom stereocenters. The van der Waals surface area contributed by atoms with E-state index in [2.05, 4.69) is 0 Å². The highest BCUT2D eigenvalue weighted by Gasteiger charge is 2.33. The first-order valence-corrected chi connectivity index (χ1v) is 9.19. The van der Waals surface area contributed by atoms with Gasteiger partial charge in [-0.2, -0.15) is 0 Å². The van der Waals surface area contributed by atoms with Gasteiger partial charge in [-0.3, -0.25) is 14.5 Å². The van der Waals surface area contributed by atoms with Crippen LogP contribution >= 0.6 is 47.2 Å². The molecule has 2 aromatic rings. The zero-order valence-corrected chi connectivity index (χ0v) is 16.1. The summed E-state index contributed by atoms with van der Waals surface area (Å²) in [7, 11) is 0. The zero-order chi connectivity index (χ0) is 18.1. The van der Waals surface area contributed by atoms with Gasteiger partial charge in [-0.1, -0.05) is 65.4 Å². The predicted octanol–water partition coefficient (Wildman–Crippen LogP) is 5.60. The molecule has 7 heteroatoms. The molecule has 0 atom stereocenters. The molecule has 0 spiro atoms. The lowest BCUT2D eigenvalue weighted by atomic mass is 10.1. The summed E-state index contributed by atoms with van der Waals surface area (Å²) >= 11 is 18.8. The van der Waals surface area contributed by atoms with E-state index in [1.807, 2.05) is 0 Å². The van der Waals surface area contributed by atoms with E-state index in [0.29, 0.717) is 36.1 Å². The summed E-state index contributed by atoms with van der Waals surface area (Å²) in [5, 5.41) is 0.910. The van der Waals surface area contributed by atoms with Crippen molar-refractivity contribution in [1.82, 2.24) is 0 Å². The molecule has 1 aliphatic rings. The summed E-state index contributed by atoms with van der Waals surface area (Å²) in [6, 6.07) is 12.0. The number of ketones is 1. The van der Waals surface area contributed by atoms with Gasteiger partial charge in [0.25, 0.3) is 5.91 Å². The molecule has 0 saturated carbocycles. The molecule has 0 N–H and O–H groups in total. The first-order valence-electron chi connectivity index (χ1n) is 7.21. The first kappa shape index (κ1) is 18.1. The van der Waals surface area contributed by atoms with Crippen LogP contribution in [0.3, 0.4) is 0 Å². The Balaban J connectivity index is 2.00. The number of benzene rings is 2. The maximum absolute atomic E-state index is 12.8. The van der Waals surface area contributed by atoms with Crippen LogP contribution < -0.4 is 4.90 Å². The number of carbonyl (C=O) groups is 2. The summed E-state index contributed by atoms with van der Waals surface area (Å²) in [5.74, 6) is -0.350. The smallest absolute Gasteiger partial charge is 0.270 e. The van der Waals surface area contributed by atoms with Crippen molar-refractivity contribution in [2.45, 2.75) is 6.92 Å². The van der Waals surface area contributed by atoms with E-state index in [9.17, 15) is 9.59 Å². The maximum Gasteiger partial charge on any atom is 0.270 e. The Morgan fingerprint density at radius 1 is 1.16 bits per heavy atom. The van der Waals surface area contributed by atoms with Gasteiger partial charge >= 0.3 is 0 Å². The standard InChI is InChI=1S/C18H11Cl2NO2S2/c1-10(22)11-4-2-5-12(8-11)21-17(23)16(25-18(21)24)9-13-14(19)6-3-7-15(13)20/h2-9H,1H3/b16-9-. The monoisotopic (exact) mass is 407 g/mol. The molecule has 0 radical (unpaired) electrons. The molecule has 126 valence electrons. The van der Waals surface area contributed by atoms with Gasteiger partial charge in [0.05, 0.1) is 10.6 Å². The fraction of sp³-hybridized carbons (Fsp3) is 0.0556. The Morgan fingerprint density at radius 3 is 2.44 bits per heavy atom. The van der Waals surface area contributed by atoms with Crippen LogP contribution in [0.15, 0.2) is 47.4 Å². The van der Waals surface area contributed by atoms with Gasteiger partial charge in [-0.25, -0.2) is 0 Å². The van der Waals surface area contributed by atoms with Crippen LogP contribution in [0.5, 0.6) is 0 Å². The molecule has 1 fully saturated rings. The molecule has 0 aliphatic carbocycles. The highest BCUT2D eigenvalue weighted by Crippen LogP contribution is 2.38. The lowest BCUT2D eigenvalue weighted by Crippen LogP contribution is -2.27. The SMILES string of the molecule is CC(=O)c1cccc(N2C(=O)/C(=C/c3c(Cl)cccc3Cl)SC2=S)c1. The van der Waals surface area contributed by atoms with Crippen molar-refractivity contribution in [3.8, 4) is 0 Å². The summed E-state index contributed by atoms with van der Waals surface area (Å²) in [4.78, 5) is 26.2. The topological polar surface area (TPSA) is 37.4 Å². The quantitative estimate of drug-likeness (QED) is 0.376. The van der Waals surface area contributed by atoms with Crippen LogP contribution in [0, 0.1) is 0 Å². The van der Waals surface area contributed by atoms with E-state index in [1.54, 1.807) is 48.5 Å². The van der Waals surface area contributed by atoms with E-state index in [-0.39, 0.29) is 11.7 Å². The minimum atomic E-state index is -0.272. The normalized spacial score (nSPS) is 16.0. The number of hydrogen-bond acceptors (Lipinski definition) is 4. The third kappa shape index (κ3) is 3.65. The third-order valence-corrected chi connectivity index (χ3v) is 5.54. The second kappa shape index (κ2) is 7.30. The van der Waals surface area contributed by atoms with E-state index in [4.69, 9.17) is 35.4 Å². The molecular formula is C18H11Cl2NO2S2. The van der Waals surface area contributed by atoms with Gasteiger partial charge in [0.2, 0.25) is 0 Å². The van der Waals surface area contributed by atoms with Gasteiger partial charge in [-0.05, 0) is 37.3 Å². The number of halogens is 2. The predicted molar refractivity (Wildman–Crippen MR) is 109 cm³/mol. The van der Waals surface area contributed by atoms with E-state index >= 15 is 0 Å². The summed E-state index contributed by atoms with van der Waals surface area (Å²) in [6.07, 6.45) is 1.64.